The Labute approximate surface area is 124 Å². The van der Waals surface area contributed by atoms with Gasteiger partial charge in [0.15, 0.2) is 5.76 Å². The third-order valence-electron chi connectivity index (χ3n) is 3.03. The molecule has 0 aliphatic carbocycles. The largest absolute Gasteiger partial charge is 0.355 e. The van der Waals surface area contributed by atoms with Crippen molar-refractivity contribution in [1.29, 1.82) is 0 Å². The summed E-state index contributed by atoms with van der Waals surface area (Å²) in [5.41, 5.74) is 0.714. The van der Waals surface area contributed by atoms with Crippen molar-refractivity contribution in [1.82, 2.24) is 5.16 Å². The Kier molecular flexibility index (Phi) is 3.65. The van der Waals surface area contributed by atoms with Gasteiger partial charge in [-0.05, 0) is 12.1 Å². The van der Waals surface area contributed by atoms with Crippen LogP contribution in [0.2, 0.25) is 0 Å². The standard InChI is InChI=1S/C16H10F2N2O2/c17-11-6-7-14(13(18)8-11)20-16(21)12-9-19-22-15(12)10-4-2-1-3-5-10/h1-9H,(H,20,21). The lowest BCUT2D eigenvalue weighted by Crippen LogP contribution is -2.13. The van der Waals surface area contributed by atoms with E-state index in [1.54, 1.807) is 24.3 Å². The Morgan fingerprint density at radius 1 is 1.09 bits per heavy atom. The van der Waals surface area contributed by atoms with Gasteiger partial charge >= 0.3 is 0 Å². The number of amides is 1. The van der Waals surface area contributed by atoms with Gasteiger partial charge in [0.2, 0.25) is 0 Å². The number of hydrogen-bond donors (Lipinski definition) is 1. The summed E-state index contributed by atoms with van der Waals surface area (Å²) >= 11 is 0. The zero-order valence-corrected chi connectivity index (χ0v) is 11.2. The van der Waals surface area contributed by atoms with Gasteiger partial charge in [-0.25, -0.2) is 8.78 Å². The zero-order valence-electron chi connectivity index (χ0n) is 11.2. The Hall–Kier alpha value is -3.02. The number of rotatable bonds is 3. The van der Waals surface area contributed by atoms with Crippen LogP contribution in [0.4, 0.5) is 14.5 Å². The van der Waals surface area contributed by atoms with Gasteiger partial charge in [0.05, 0.1) is 11.9 Å². The number of nitrogens with zero attached hydrogens (tertiary/aromatic N) is 1. The maximum atomic E-state index is 13.6. The van der Waals surface area contributed by atoms with Crippen LogP contribution in [0.15, 0.2) is 59.3 Å². The van der Waals surface area contributed by atoms with Crippen molar-refractivity contribution in [3.8, 4) is 11.3 Å². The topological polar surface area (TPSA) is 55.1 Å². The van der Waals surface area contributed by atoms with Crippen LogP contribution in [-0.2, 0) is 0 Å². The maximum absolute atomic E-state index is 13.6. The summed E-state index contributed by atoms with van der Waals surface area (Å²) in [6.07, 6.45) is 1.25. The predicted octanol–water partition coefficient (Wildman–Crippen LogP) is 3.87. The maximum Gasteiger partial charge on any atom is 0.261 e. The average Bonchev–Trinajstić information content (AvgIpc) is 3.00. The lowest BCUT2D eigenvalue weighted by molar-refractivity contribution is 0.102. The monoisotopic (exact) mass is 300 g/mol. The number of benzene rings is 2. The highest BCUT2D eigenvalue weighted by molar-refractivity contribution is 6.07. The smallest absolute Gasteiger partial charge is 0.261 e. The number of carbonyl (C=O) groups excluding carboxylic acids is 1. The average molecular weight is 300 g/mol. The van der Waals surface area contributed by atoms with Gasteiger partial charge in [0, 0.05) is 11.6 Å². The number of halogens is 2. The molecular weight excluding hydrogens is 290 g/mol. The lowest BCUT2D eigenvalue weighted by atomic mass is 10.1. The SMILES string of the molecule is O=C(Nc1ccc(F)cc1F)c1cnoc1-c1ccccc1. The molecule has 0 aliphatic rings. The van der Waals surface area contributed by atoms with Crippen LogP contribution in [-0.4, -0.2) is 11.1 Å². The molecule has 0 aliphatic heterocycles. The molecule has 0 radical (unpaired) electrons. The van der Waals surface area contributed by atoms with Crippen molar-refractivity contribution in [3.63, 3.8) is 0 Å². The van der Waals surface area contributed by atoms with E-state index in [9.17, 15) is 13.6 Å². The first-order chi connectivity index (χ1) is 10.6. The van der Waals surface area contributed by atoms with Crippen molar-refractivity contribution in [2.24, 2.45) is 0 Å². The fourth-order valence-corrected chi connectivity index (χ4v) is 1.98. The van der Waals surface area contributed by atoms with Crippen LogP contribution < -0.4 is 5.32 Å². The van der Waals surface area contributed by atoms with Crippen LogP contribution in [0.5, 0.6) is 0 Å². The molecule has 1 amide bonds. The Balaban J connectivity index is 1.89. The van der Waals surface area contributed by atoms with Crippen LogP contribution in [0.3, 0.4) is 0 Å². The normalized spacial score (nSPS) is 10.5. The first kappa shape index (κ1) is 13.9. The summed E-state index contributed by atoms with van der Waals surface area (Å²) in [7, 11) is 0. The number of anilines is 1. The lowest BCUT2D eigenvalue weighted by Gasteiger charge is -2.06. The molecule has 22 heavy (non-hydrogen) atoms. The molecule has 0 saturated carbocycles. The first-order valence-corrected chi connectivity index (χ1v) is 6.41. The molecule has 3 rings (SSSR count). The van der Waals surface area contributed by atoms with E-state index >= 15 is 0 Å². The number of nitrogens with one attached hydrogen (secondary N) is 1. The molecule has 1 aromatic heterocycles. The molecule has 1 heterocycles. The minimum Gasteiger partial charge on any atom is -0.355 e. The fraction of sp³-hybridized carbons (Fsp3) is 0. The van der Waals surface area contributed by atoms with E-state index in [1.165, 1.54) is 6.20 Å². The molecule has 0 atom stereocenters. The molecule has 1 N–H and O–H groups in total. The second-order valence-corrected chi connectivity index (χ2v) is 4.51. The number of aromatic nitrogens is 1. The van der Waals surface area contributed by atoms with E-state index in [1.807, 2.05) is 6.07 Å². The highest BCUT2D eigenvalue weighted by Gasteiger charge is 2.19. The van der Waals surface area contributed by atoms with E-state index in [-0.39, 0.29) is 17.0 Å². The summed E-state index contributed by atoms with van der Waals surface area (Å²) in [6, 6.07) is 11.8. The molecule has 0 spiro atoms. The molecular formula is C16H10F2N2O2. The molecule has 0 unspecified atom stereocenters. The van der Waals surface area contributed by atoms with Gasteiger partial charge in [-0.15, -0.1) is 0 Å². The summed E-state index contributed by atoms with van der Waals surface area (Å²) in [4.78, 5) is 12.2. The zero-order chi connectivity index (χ0) is 15.5. The minimum absolute atomic E-state index is 0.119. The third kappa shape index (κ3) is 2.71. The quantitative estimate of drug-likeness (QED) is 0.798. The molecule has 3 aromatic rings. The van der Waals surface area contributed by atoms with Gasteiger partial charge in [-0.2, -0.15) is 0 Å². The highest BCUT2D eigenvalue weighted by atomic mass is 19.1. The highest BCUT2D eigenvalue weighted by Crippen LogP contribution is 2.24. The summed E-state index contributed by atoms with van der Waals surface area (Å²) in [5.74, 6) is -1.89. The van der Waals surface area contributed by atoms with Gasteiger partial charge in [-0.1, -0.05) is 35.5 Å². The summed E-state index contributed by atoms with van der Waals surface area (Å²) < 4.78 is 31.5. The van der Waals surface area contributed by atoms with E-state index in [2.05, 4.69) is 10.5 Å². The molecule has 2 aromatic carbocycles. The van der Waals surface area contributed by atoms with Gasteiger partial charge in [0.25, 0.3) is 5.91 Å². The van der Waals surface area contributed by atoms with Crippen molar-refractivity contribution in [3.05, 3.63) is 71.9 Å². The van der Waals surface area contributed by atoms with Crippen molar-refractivity contribution in [2.75, 3.05) is 5.32 Å². The number of hydrogen-bond acceptors (Lipinski definition) is 3. The molecule has 0 saturated heterocycles. The van der Waals surface area contributed by atoms with Crippen molar-refractivity contribution >= 4 is 11.6 Å². The first-order valence-electron chi connectivity index (χ1n) is 6.41. The van der Waals surface area contributed by atoms with E-state index in [0.29, 0.717) is 11.6 Å². The van der Waals surface area contributed by atoms with Gasteiger partial charge in [-0.3, -0.25) is 4.79 Å². The van der Waals surface area contributed by atoms with Gasteiger partial charge < -0.3 is 9.84 Å². The Bertz CT molecular complexity index is 816. The van der Waals surface area contributed by atoms with Crippen LogP contribution in [0.25, 0.3) is 11.3 Å². The van der Waals surface area contributed by atoms with Gasteiger partial charge in [0.1, 0.15) is 17.2 Å². The Morgan fingerprint density at radius 2 is 1.86 bits per heavy atom. The van der Waals surface area contributed by atoms with Crippen LogP contribution >= 0.6 is 0 Å². The van der Waals surface area contributed by atoms with E-state index in [4.69, 9.17) is 4.52 Å². The van der Waals surface area contributed by atoms with E-state index < -0.39 is 17.5 Å². The molecule has 6 heteroatoms. The third-order valence-corrected chi connectivity index (χ3v) is 3.03. The van der Waals surface area contributed by atoms with Crippen LogP contribution in [0.1, 0.15) is 10.4 Å². The fourth-order valence-electron chi connectivity index (χ4n) is 1.98. The van der Waals surface area contributed by atoms with E-state index in [0.717, 1.165) is 12.1 Å². The minimum atomic E-state index is -0.855. The summed E-state index contributed by atoms with van der Waals surface area (Å²) in [6.45, 7) is 0. The molecule has 4 nitrogen and oxygen atoms in total. The second-order valence-electron chi connectivity index (χ2n) is 4.51. The number of carbonyl (C=O) groups is 1. The molecule has 110 valence electrons. The van der Waals surface area contributed by atoms with Crippen molar-refractivity contribution in [2.45, 2.75) is 0 Å². The summed E-state index contributed by atoms with van der Waals surface area (Å²) in [5, 5.41) is 5.98. The molecule has 0 fully saturated rings. The van der Waals surface area contributed by atoms with Crippen LogP contribution in [0, 0.1) is 11.6 Å². The Morgan fingerprint density at radius 3 is 2.59 bits per heavy atom. The predicted molar refractivity (Wildman–Crippen MR) is 76.3 cm³/mol. The van der Waals surface area contributed by atoms with Crippen molar-refractivity contribution < 1.29 is 18.1 Å². The second kappa shape index (κ2) is 5.77. The molecule has 0 bridgehead atoms.